The van der Waals surface area contributed by atoms with E-state index in [9.17, 15) is 4.79 Å². The van der Waals surface area contributed by atoms with E-state index >= 15 is 0 Å². The molecule has 0 fully saturated rings. The first-order valence-corrected chi connectivity index (χ1v) is 6.02. The van der Waals surface area contributed by atoms with Gasteiger partial charge in [0, 0.05) is 6.54 Å². The summed E-state index contributed by atoms with van der Waals surface area (Å²) in [7, 11) is 1.93. The van der Waals surface area contributed by atoms with Crippen molar-refractivity contribution in [3.05, 3.63) is 22.4 Å². The van der Waals surface area contributed by atoms with Crippen LogP contribution in [0.15, 0.2) is 16.8 Å². The molecule has 1 rings (SSSR count). The average molecular weight is 227 g/mol. The third-order valence-corrected chi connectivity index (χ3v) is 2.80. The molecule has 0 aliphatic carbocycles. The third-order valence-electron chi connectivity index (χ3n) is 2.07. The van der Waals surface area contributed by atoms with E-state index < -0.39 is 0 Å². The maximum Gasteiger partial charge on any atom is 0.320 e. The van der Waals surface area contributed by atoms with Crippen LogP contribution in [0.2, 0.25) is 0 Å². The summed E-state index contributed by atoms with van der Waals surface area (Å²) in [5.74, 6) is -0.148. The zero-order valence-corrected chi connectivity index (χ0v) is 10.0. The summed E-state index contributed by atoms with van der Waals surface area (Å²) in [6, 6.07) is 2.11. The van der Waals surface area contributed by atoms with Crippen LogP contribution in [0.25, 0.3) is 0 Å². The fourth-order valence-electron chi connectivity index (χ4n) is 1.26. The second kappa shape index (κ2) is 6.58. The van der Waals surface area contributed by atoms with Crippen molar-refractivity contribution >= 4 is 17.3 Å². The van der Waals surface area contributed by atoms with Gasteiger partial charge in [-0.3, -0.25) is 9.69 Å². The number of carbonyl (C=O) groups excluding carboxylic acids is 1. The summed E-state index contributed by atoms with van der Waals surface area (Å²) in [5, 5.41) is 4.21. The molecular weight excluding hydrogens is 210 g/mol. The summed E-state index contributed by atoms with van der Waals surface area (Å²) >= 11 is 1.70. The van der Waals surface area contributed by atoms with Crippen LogP contribution in [0, 0.1) is 0 Å². The normalized spacial score (nSPS) is 10.6. The zero-order chi connectivity index (χ0) is 11.1. The Labute approximate surface area is 94.7 Å². The Morgan fingerprint density at radius 2 is 2.40 bits per heavy atom. The molecule has 0 saturated carbocycles. The third kappa shape index (κ3) is 4.95. The van der Waals surface area contributed by atoms with Crippen molar-refractivity contribution in [1.29, 1.82) is 0 Å². The number of likely N-dealkylation sites (N-methyl/N-ethyl adjacent to an activating group) is 1. The van der Waals surface area contributed by atoms with Gasteiger partial charge in [-0.05, 0) is 42.8 Å². The lowest BCUT2D eigenvalue weighted by molar-refractivity contribution is -0.144. The highest BCUT2D eigenvalue weighted by atomic mass is 32.1. The minimum absolute atomic E-state index is 0.148. The molecule has 3 nitrogen and oxygen atoms in total. The van der Waals surface area contributed by atoms with Crippen molar-refractivity contribution in [2.45, 2.75) is 13.3 Å². The highest BCUT2D eigenvalue weighted by Gasteiger charge is 2.06. The van der Waals surface area contributed by atoms with Gasteiger partial charge in [-0.15, -0.1) is 0 Å². The van der Waals surface area contributed by atoms with E-state index in [1.54, 1.807) is 11.3 Å². The Balaban J connectivity index is 2.18. The molecule has 0 atom stereocenters. The van der Waals surface area contributed by atoms with E-state index in [0.29, 0.717) is 13.2 Å². The van der Waals surface area contributed by atoms with E-state index in [1.165, 1.54) is 5.56 Å². The molecule has 15 heavy (non-hydrogen) atoms. The lowest BCUT2D eigenvalue weighted by atomic mass is 10.2. The molecule has 0 radical (unpaired) electrons. The first-order valence-electron chi connectivity index (χ1n) is 5.07. The first-order chi connectivity index (χ1) is 7.22. The molecule has 0 amide bonds. The molecule has 0 N–H and O–H groups in total. The average Bonchev–Trinajstić information content (AvgIpc) is 2.67. The van der Waals surface area contributed by atoms with Gasteiger partial charge in [0.15, 0.2) is 0 Å². The molecule has 0 bridgehead atoms. The van der Waals surface area contributed by atoms with Crippen molar-refractivity contribution in [1.82, 2.24) is 4.90 Å². The summed E-state index contributed by atoms with van der Waals surface area (Å²) in [4.78, 5) is 13.1. The van der Waals surface area contributed by atoms with Gasteiger partial charge in [-0.1, -0.05) is 0 Å². The molecule has 1 aromatic heterocycles. The minimum atomic E-state index is -0.148. The van der Waals surface area contributed by atoms with E-state index in [4.69, 9.17) is 4.74 Å². The molecule has 0 aromatic carbocycles. The van der Waals surface area contributed by atoms with Crippen molar-refractivity contribution < 1.29 is 9.53 Å². The first kappa shape index (κ1) is 12.2. The lowest BCUT2D eigenvalue weighted by Crippen LogP contribution is -2.29. The van der Waals surface area contributed by atoms with Gasteiger partial charge in [-0.25, -0.2) is 0 Å². The number of hydrogen-bond acceptors (Lipinski definition) is 4. The number of rotatable bonds is 6. The standard InChI is InChI=1S/C11H17NO2S/c1-3-14-11(13)8-12(2)6-4-10-5-7-15-9-10/h5,7,9H,3-4,6,8H2,1-2H3. The van der Waals surface area contributed by atoms with Crippen LogP contribution in [0.4, 0.5) is 0 Å². The second-order valence-electron chi connectivity index (χ2n) is 3.42. The summed E-state index contributed by atoms with van der Waals surface area (Å²) in [6.07, 6.45) is 0.986. The number of nitrogens with zero attached hydrogens (tertiary/aromatic N) is 1. The highest BCUT2D eigenvalue weighted by Crippen LogP contribution is 2.06. The summed E-state index contributed by atoms with van der Waals surface area (Å²) in [5.41, 5.74) is 1.33. The van der Waals surface area contributed by atoms with E-state index in [0.717, 1.165) is 13.0 Å². The summed E-state index contributed by atoms with van der Waals surface area (Å²) < 4.78 is 4.87. The molecule has 4 heteroatoms. The van der Waals surface area contributed by atoms with Gasteiger partial charge < -0.3 is 4.74 Å². The Kier molecular flexibility index (Phi) is 5.36. The van der Waals surface area contributed by atoms with Crippen molar-refractivity contribution in [2.75, 3.05) is 26.7 Å². The van der Waals surface area contributed by atoms with E-state index in [2.05, 4.69) is 16.8 Å². The summed E-state index contributed by atoms with van der Waals surface area (Å²) in [6.45, 7) is 3.54. The smallest absolute Gasteiger partial charge is 0.320 e. The van der Waals surface area contributed by atoms with Crippen LogP contribution >= 0.6 is 11.3 Å². The van der Waals surface area contributed by atoms with Crippen LogP contribution in [0.1, 0.15) is 12.5 Å². The van der Waals surface area contributed by atoms with Crippen LogP contribution in [0.3, 0.4) is 0 Å². The maximum atomic E-state index is 11.2. The van der Waals surface area contributed by atoms with Crippen LogP contribution in [-0.4, -0.2) is 37.6 Å². The highest BCUT2D eigenvalue weighted by molar-refractivity contribution is 7.07. The van der Waals surface area contributed by atoms with Gasteiger partial charge in [0.2, 0.25) is 0 Å². The zero-order valence-electron chi connectivity index (χ0n) is 9.23. The molecular formula is C11H17NO2S. The second-order valence-corrected chi connectivity index (χ2v) is 4.20. The molecule has 0 saturated heterocycles. The number of thiophene rings is 1. The molecule has 0 aliphatic rings. The molecule has 0 spiro atoms. The quantitative estimate of drug-likeness (QED) is 0.694. The molecule has 0 aliphatic heterocycles. The fraction of sp³-hybridized carbons (Fsp3) is 0.545. The Hall–Kier alpha value is -0.870. The van der Waals surface area contributed by atoms with Crippen LogP contribution < -0.4 is 0 Å². The topological polar surface area (TPSA) is 29.5 Å². The largest absolute Gasteiger partial charge is 0.465 e. The van der Waals surface area contributed by atoms with Gasteiger partial charge in [0.25, 0.3) is 0 Å². The van der Waals surface area contributed by atoms with E-state index in [-0.39, 0.29) is 5.97 Å². The van der Waals surface area contributed by atoms with Crippen LogP contribution in [0.5, 0.6) is 0 Å². The van der Waals surface area contributed by atoms with E-state index in [1.807, 2.05) is 18.9 Å². The van der Waals surface area contributed by atoms with Crippen molar-refractivity contribution in [2.24, 2.45) is 0 Å². The number of esters is 1. The van der Waals surface area contributed by atoms with Gasteiger partial charge in [0.1, 0.15) is 0 Å². The predicted molar refractivity (Wildman–Crippen MR) is 62.2 cm³/mol. The number of carbonyl (C=O) groups is 1. The monoisotopic (exact) mass is 227 g/mol. The number of ether oxygens (including phenoxy) is 1. The predicted octanol–water partition coefficient (Wildman–Crippen LogP) is 1.79. The Bertz CT molecular complexity index is 285. The molecule has 1 heterocycles. The van der Waals surface area contributed by atoms with Gasteiger partial charge in [0.05, 0.1) is 13.2 Å². The van der Waals surface area contributed by atoms with Crippen LogP contribution in [-0.2, 0) is 16.0 Å². The Morgan fingerprint density at radius 1 is 1.60 bits per heavy atom. The number of hydrogen-bond donors (Lipinski definition) is 0. The van der Waals surface area contributed by atoms with Crippen molar-refractivity contribution in [3.8, 4) is 0 Å². The molecule has 1 aromatic rings. The minimum Gasteiger partial charge on any atom is -0.465 e. The molecule has 84 valence electrons. The Morgan fingerprint density at radius 3 is 3.00 bits per heavy atom. The van der Waals surface area contributed by atoms with Crippen molar-refractivity contribution in [3.63, 3.8) is 0 Å². The van der Waals surface area contributed by atoms with Gasteiger partial charge >= 0.3 is 5.97 Å². The lowest BCUT2D eigenvalue weighted by Gasteiger charge is -2.14. The maximum absolute atomic E-state index is 11.2. The van der Waals surface area contributed by atoms with Gasteiger partial charge in [-0.2, -0.15) is 11.3 Å². The molecule has 0 unspecified atom stereocenters. The SMILES string of the molecule is CCOC(=O)CN(C)CCc1ccsc1. The fourth-order valence-corrected chi connectivity index (χ4v) is 1.96.